The predicted molar refractivity (Wildman–Crippen MR) is 20.2 cm³/mol. The SMILES string of the molecule is Cl.O.O.[Mg]. The smallest absolute Gasteiger partial charge is 0 e. The van der Waals surface area contributed by atoms with Crippen molar-refractivity contribution in [2.75, 3.05) is 0 Å². The van der Waals surface area contributed by atoms with E-state index in [4.69, 9.17) is 0 Å². The fraction of sp³-hybridized carbons (Fsp3) is 0. The number of halogens is 1. The van der Waals surface area contributed by atoms with Crippen LogP contribution in [0.15, 0.2) is 0 Å². The van der Waals surface area contributed by atoms with Crippen molar-refractivity contribution in [2.24, 2.45) is 0 Å². The molecule has 2 nitrogen and oxygen atoms in total. The Kier molecular flexibility index (Phi) is 763. The molecule has 0 heterocycles. The van der Waals surface area contributed by atoms with Crippen LogP contribution in [-0.2, 0) is 0 Å². The van der Waals surface area contributed by atoms with Crippen molar-refractivity contribution in [2.45, 2.75) is 0 Å². The van der Waals surface area contributed by atoms with Crippen LogP contribution in [0.4, 0.5) is 0 Å². The second-order valence-electron chi connectivity index (χ2n) is 0. The summed E-state index contributed by atoms with van der Waals surface area (Å²) < 4.78 is 0. The monoisotopic (exact) mass is 96.0 g/mol. The summed E-state index contributed by atoms with van der Waals surface area (Å²) in [4.78, 5) is 0. The molecule has 0 fully saturated rings. The molecule has 4 N–H and O–H groups in total. The molecule has 0 unspecified atom stereocenters. The normalized spacial score (nSPS) is 0. The highest BCUT2D eigenvalue weighted by molar-refractivity contribution is 5.85. The molecule has 4 heteroatoms. The van der Waals surface area contributed by atoms with Crippen LogP contribution in [0.25, 0.3) is 0 Å². The second kappa shape index (κ2) is 37.0. The molecule has 2 radical (unpaired) electrons. The molecule has 0 aliphatic rings. The van der Waals surface area contributed by atoms with Crippen LogP contribution in [0, 0.1) is 0 Å². The van der Waals surface area contributed by atoms with Crippen molar-refractivity contribution in [3.63, 3.8) is 0 Å². The third kappa shape index (κ3) is 12.2. The van der Waals surface area contributed by atoms with E-state index in [0.717, 1.165) is 0 Å². The van der Waals surface area contributed by atoms with Gasteiger partial charge in [-0.3, -0.25) is 0 Å². The Morgan fingerprint density at radius 1 is 0.750 bits per heavy atom. The van der Waals surface area contributed by atoms with Gasteiger partial charge in [0.05, 0.1) is 0 Å². The van der Waals surface area contributed by atoms with E-state index in [9.17, 15) is 0 Å². The summed E-state index contributed by atoms with van der Waals surface area (Å²) >= 11 is 0. The van der Waals surface area contributed by atoms with E-state index in [2.05, 4.69) is 0 Å². The van der Waals surface area contributed by atoms with E-state index in [0.29, 0.717) is 0 Å². The molecule has 0 rings (SSSR count). The second-order valence-corrected chi connectivity index (χ2v) is 0. The van der Waals surface area contributed by atoms with Gasteiger partial charge in [0.15, 0.2) is 0 Å². The maximum Gasteiger partial charge on any atom is 0 e. The highest BCUT2D eigenvalue weighted by atomic mass is 35.5. The van der Waals surface area contributed by atoms with E-state index >= 15 is 0 Å². The van der Waals surface area contributed by atoms with Gasteiger partial charge in [-0.15, -0.1) is 12.4 Å². The maximum absolute atomic E-state index is 0. The summed E-state index contributed by atoms with van der Waals surface area (Å²) in [5, 5.41) is 0. The molecule has 0 aromatic carbocycles. The summed E-state index contributed by atoms with van der Waals surface area (Å²) in [7, 11) is 0. The zero-order valence-electron chi connectivity index (χ0n) is 2.12. The number of rotatable bonds is 0. The fourth-order valence-corrected chi connectivity index (χ4v) is 0. The lowest BCUT2D eigenvalue weighted by atomic mass is 16.0. The largest absolute Gasteiger partial charge is 0.412 e. The molecule has 0 bridgehead atoms. The Balaban J connectivity index is 0. The van der Waals surface area contributed by atoms with Crippen molar-refractivity contribution in [3.05, 3.63) is 0 Å². The lowest BCUT2D eigenvalue weighted by molar-refractivity contribution is 0.823. The molecular formula is H5ClMgO2. The summed E-state index contributed by atoms with van der Waals surface area (Å²) in [6.45, 7) is 0. The summed E-state index contributed by atoms with van der Waals surface area (Å²) in [6.07, 6.45) is 0. The van der Waals surface area contributed by atoms with E-state index in [1.54, 1.807) is 0 Å². The summed E-state index contributed by atoms with van der Waals surface area (Å²) in [5.41, 5.74) is 0. The number of hydrogen-bond acceptors (Lipinski definition) is 0. The van der Waals surface area contributed by atoms with Gasteiger partial charge in [-0.05, 0) is 0 Å². The molecule has 4 heavy (non-hydrogen) atoms. The van der Waals surface area contributed by atoms with Crippen LogP contribution in [-0.4, -0.2) is 34.0 Å². The zero-order valence-corrected chi connectivity index (χ0v) is 4.35. The molecule has 0 saturated heterocycles. The molecule has 0 aromatic rings. The highest BCUT2D eigenvalue weighted by Crippen LogP contribution is 0.690. The molecule has 0 aliphatic carbocycles. The van der Waals surface area contributed by atoms with Crippen LogP contribution in [0.2, 0.25) is 0 Å². The molecule has 0 aromatic heterocycles. The van der Waals surface area contributed by atoms with Gasteiger partial charge in [0.25, 0.3) is 0 Å². The Bertz CT molecular complexity index is 6.00. The van der Waals surface area contributed by atoms with Gasteiger partial charge in [-0.2, -0.15) is 0 Å². The first kappa shape index (κ1) is 82.6. The fourth-order valence-electron chi connectivity index (χ4n) is 0. The van der Waals surface area contributed by atoms with Crippen molar-refractivity contribution >= 4 is 35.5 Å². The standard InChI is InChI=1S/ClH.Mg.2H2O/h1H;;2*1H2. The van der Waals surface area contributed by atoms with Gasteiger partial charge >= 0.3 is 0 Å². The third-order valence-electron chi connectivity index (χ3n) is 0. The lowest BCUT2D eigenvalue weighted by Gasteiger charge is -0.413. The van der Waals surface area contributed by atoms with Crippen molar-refractivity contribution < 1.29 is 11.0 Å². The summed E-state index contributed by atoms with van der Waals surface area (Å²) in [5.74, 6) is 0. The quantitative estimate of drug-likeness (QED) is 0.326. The minimum absolute atomic E-state index is 0. The minimum Gasteiger partial charge on any atom is -0.412 e. The van der Waals surface area contributed by atoms with Crippen molar-refractivity contribution in [1.29, 1.82) is 0 Å². The minimum atomic E-state index is 0. The topological polar surface area (TPSA) is 63.0 Å². The van der Waals surface area contributed by atoms with E-state index in [-0.39, 0.29) is 46.4 Å². The molecule has 0 aliphatic heterocycles. The van der Waals surface area contributed by atoms with E-state index in [1.807, 2.05) is 0 Å². The van der Waals surface area contributed by atoms with Gasteiger partial charge in [-0.25, -0.2) is 0 Å². The Morgan fingerprint density at radius 2 is 0.750 bits per heavy atom. The average molecular weight is 96.8 g/mol. The van der Waals surface area contributed by atoms with Crippen LogP contribution < -0.4 is 0 Å². The molecular weight excluding hydrogens is 91.8 g/mol. The van der Waals surface area contributed by atoms with Gasteiger partial charge in [-0.1, -0.05) is 0 Å². The predicted octanol–water partition coefficient (Wildman–Crippen LogP) is -1.61. The van der Waals surface area contributed by atoms with Crippen molar-refractivity contribution in [3.8, 4) is 0 Å². The highest BCUT2D eigenvalue weighted by Gasteiger charge is 0.0000118. The van der Waals surface area contributed by atoms with E-state index in [1.165, 1.54) is 0 Å². The lowest BCUT2D eigenvalue weighted by Crippen LogP contribution is -0.381. The average Bonchev–Trinajstić information content (AvgIpc) is 0. The Morgan fingerprint density at radius 3 is 0.750 bits per heavy atom. The zero-order chi connectivity index (χ0) is 0. The third-order valence-corrected chi connectivity index (χ3v) is 0. The molecule has 26 valence electrons. The first-order chi connectivity index (χ1) is 0. The molecule has 0 amide bonds. The Hall–Kier alpha value is 0.976. The molecule has 0 saturated carbocycles. The van der Waals surface area contributed by atoms with Gasteiger partial charge in [0, 0.05) is 23.1 Å². The first-order valence-corrected chi connectivity index (χ1v) is 0. The summed E-state index contributed by atoms with van der Waals surface area (Å²) in [6, 6.07) is 0. The van der Waals surface area contributed by atoms with Crippen LogP contribution >= 0.6 is 12.4 Å². The maximum atomic E-state index is 0. The van der Waals surface area contributed by atoms with Gasteiger partial charge < -0.3 is 11.0 Å². The van der Waals surface area contributed by atoms with E-state index < -0.39 is 0 Å². The Labute approximate surface area is 46.8 Å². The van der Waals surface area contributed by atoms with Crippen molar-refractivity contribution in [1.82, 2.24) is 0 Å². The molecule has 0 atom stereocenters. The first-order valence-electron chi connectivity index (χ1n) is 0. The molecule has 0 spiro atoms. The van der Waals surface area contributed by atoms with Crippen LogP contribution in [0.3, 0.4) is 0 Å². The van der Waals surface area contributed by atoms with Crippen LogP contribution in [0.1, 0.15) is 0 Å². The van der Waals surface area contributed by atoms with Crippen LogP contribution in [0.5, 0.6) is 0 Å². The van der Waals surface area contributed by atoms with Gasteiger partial charge in [0.1, 0.15) is 0 Å². The van der Waals surface area contributed by atoms with Gasteiger partial charge in [0.2, 0.25) is 0 Å². The number of hydrogen-bond donors (Lipinski definition) is 0.